The minimum Gasteiger partial charge on any atom is -0.364 e. The summed E-state index contributed by atoms with van der Waals surface area (Å²) in [5.74, 6) is -2.27. The molecule has 1 heterocycles. The van der Waals surface area contributed by atoms with Gasteiger partial charge in [-0.15, -0.1) is 0 Å². The van der Waals surface area contributed by atoms with E-state index in [-0.39, 0.29) is 21.7 Å². The molecule has 2 aromatic rings. The second-order valence-electron chi connectivity index (χ2n) is 5.31. The number of carbonyl (C=O) groups is 2. The summed E-state index contributed by atoms with van der Waals surface area (Å²) in [5.41, 5.74) is 5.55. The van der Waals surface area contributed by atoms with Crippen LogP contribution in [0.3, 0.4) is 0 Å². The third kappa shape index (κ3) is 4.13. The van der Waals surface area contributed by atoms with Gasteiger partial charge in [0.2, 0.25) is 0 Å². The van der Waals surface area contributed by atoms with E-state index in [1.807, 2.05) is 4.72 Å². The third-order valence-corrected chi connectivity index (χ3v) is 4.74. The number of nitrogens with one attached hydrogen (secondary N) is 1. The molecule has 25 heavy (non-hydrogen) atoms. The summed E-state index contributed by atoms with van der Waals surface area (Å²) in [5, 5.41) is 0. The molecule has 7 nitrogen and oxygen atoms in total. The van der Waals surface area contributed by atoms with Gasteiger partial charge >= 0.3 is 0 Å². The van der Waals surface area contributed by atoms with E-state index in [9.17, 15) is 22.4 Å². The zero-order valence-corrected chi connectivity index (χ0v) is 14.3. The molecule has 3 N–H and O–H groups in total. The topological polar surface area (TPSA) is 111 Å². The molecule has 1 aromatic carbocycles. The fourth-order valence-electron chi connectivity index (χ4n) is 2.20. The summed E-state index contributed by atoms with van der Waals surface area (Å²) in [4.78, 5) is 22.9. The first-order valence-electron chi connectivity index (χ1n) is 7.08. The Kier molecular flexibility index (Phi) is 5.07. The lowest BCUT2D eigenvalue weighted by Gasteiger charge is -2.05. The molecular weight excluding hydrogens is 349 g/mol. The minimum atomic E-state index is -4.20. The highest BCUT2D eigenvalue weighted by atomic mass is 32.2. The van der Waals surface area contributed by atoms with Gasteiger partial charge < -0.3 is 10.3 Å². The number of primary amides is 1. The molecule has 9 heteroatoms. The molecule has 1 aromatic heterocycles. The van der Waals surface area contributed by atoms with Crippen LogP contribution in [0.5, 0.6) is 0 Å². The number of halogens is 1. The van der Waals surface area contributed by atoms with Crippen molar-refractivity contribution in [2.45, 2.75) is 11.8 Å². The van der Waals surface area contributed by atoms with Crippen LogP contribution in [0.25, 0.3) is 5.57 Å². The van der Waals surface area contributed by atoms with Crippen LogP contribution in [-0.2, 0) is 21.9 Å². The van der Waals surface area contributed by atoms with Crippen LogP contribution in [0.2, 0.25) is 0 Å². The van der Waals surface area contributed by atoms with Gasteiger partial charge in [-0.2, -0.15) is 0 Å². The first-order valence-corrected chi connectivity index (χ1v) is 8.56. The molecular formula is C16H16FN3O4S. The number of allylic oxidation sites excluding steroid dienone is 1. The molecule has 0 fully saturated rings. The molecule has 132 valence electrons. The van der Waals surface area contributed by atoms with Crippen molar-refractivity contribution < 1.29 is 22.4 Å². The number of sulfonamides is 1. The Bertz CT molecular complexity index is 977. The quantitative estimate of drug-likeness (QED) is 0.775. The fourth-order valence-corrected chi connectivity index (χ4v) is 3.21. The highest BCUT2D eigenvalue weighted by Crippen LogP contribution is 2.17. The molecule has 0 radical (unpaired) electrons. The maximum Gasteiger partial charge on any atom is 0.265 e. The van der Waals surface area contributed by atoms with E-state index < -0.39 is 27.7 Å². The molecule has 2 rings (SSSR count). The van der Waals surface area contributed by atoms with E-state index in [0.717, 1.165) is 18.3 Å². The summed E-state index contributed by atoms with van der Waals surface area (Å²) < 4.78 is 41.2. The molecule has 0 unspecified atom stereocenters. The number of rotatable bonds is 5. The second-order valence-corrected chi connectivity index (χ2v) is 7.00. The highest BCUT2D eigenvalue weighted by molar-refractivity contribution is 7.90. The van der Waals surface area contributed by atoms with Crippen molar-refractivity contribution in [3.8, 4) is 0 Å². The molecule has 2 amide bonds. The monoisotopic (exact) mass is 365 g/mol. The first kappa shape index (κ1) is 18.4. The first-order chi connectivity index (χ1) is 11.6. The summed E-state index contributed by atoms with van der Waals surface area (Å²) >= 11 is 0. The van der Waals surface area contributed by atoms with Crippen LogP contribution in [0.4, 0.5) is 4.39 Å². The predicted molar refractivity (Wildman–Crippen MR) is 89.3 cm³/mol. The van der Waals surface area contributed by atoms with Crippen molar-refractivity contribution in [2.75, 3.05) is 0 Å². The molecule has 0 aliphatic rings. The van der Waals surface area contributed by atoms with Crippen LogP contribution in [0.1, 0.15) is 23.0 Å². The standard InChI is InChI=1S/C16H16FN3O4S/c1-10(12-5-3-4-6-13(12)17)7-15(21)19-25(23,24)11-8-14(16(18)22)20(2)9-11/h3-9H,1-2H3,(H2,18,22)(H,19,21)/b10-7+. The normalized spacial score (nSPS) is 12.0. The largest absolute Gasteiger partial charge is 0.364 e. The lowest BCUT2D eigenvalue weighted by atomic mass is 10.1. The van der Waals surface area contributed by atoms with Crippen molar-refractivity contribution in [1.82, 2.24) is 9.29 Å². The summed E-state index contributed by atoms with van der Waals surface area (Å²) in [6.07, 6.45) is 2.14. The van der Waals surface area contributed by atoms with Crippen LogP contribution in [0, 0.1) is 5.82 Å². The lowest BCUT2D eigenvalue weighted by Crippen LogP contribution is -2.29. The number of carbonyl (C=O) groups excluding carboxylic acids is 2. The van der Waals surface area contributed by atoms with Gasteiger partial charge in [0.05, 0.1) is 0 Å². The Balaban J connectivity index is 2.24. The Hall–Kier alpha value is -2.94. The Labute approximate surface area is 144 Å². The number of aromatic nitrogens is 1. The third-order valence-electron chi connectivity index (χ3n) is 3.42. The zero-order chi connectivity index (χ0) is 18.8. The molecule has 0 aliphatic heterocycles. The van der Waals surface area contributed by atoms with E-state index in [0.29, 0.717) is 0 Å². The van der Waals surface area contributed by atoms with Crippen molar-refractivity contribution in [3.05, 3.63) is 59.7 Å². The van der Waals surface area contributed by atoms with Crippen LogP contribution >= 0.6 is 0 Å². The minimum absolute atomic E-state index is 0.0223. The maximum absolute atomic E-state index is 13.7. The number of nitrogens with two attached hydrogens (primary N) is 1. The van der Waals surface area contributed by atoms with Crippen LogP contribution < -0.4 is 10.5 Å². The number of hydrogen-bond donors (Lipinski definition) is 2. The van der Waals surface area contributed by atoms with Gasteiger partial charge in [-0.05, 0) is 24.6 Å². The molecule has 0 saturated heterocycles. The van der Waals surface area contributed by atoms with E-state index in [1.54, 1.807) is 6.07 Å². The van der Waals surface area contributed by atoms with Crippen molar-refractivity contribution >= 4 is 27.4 Å². The van der Waals surface area contributed by atoms with Gasteiger partial charge in [0.15, 0.2) is 0 Å². The summed E-state index contributed by atoms with van der Waals surface area (Å²) in [7, 11) is -2.75. The Morgan fingerprint density at radius 3 is 2.48 bits per heavy atom. The van der Waals surface area contributed by atoms with Gasteiger partial charge in [-0.25, -0.2) is 17.5 Å². The number of benzene rings is 1. The van der Waals surface area contributed by atoms with Crippen LogP contribution in [-0.4, -0.2) is 24.8 Å². The lowest BCUT2D eigenvalue weighted by molar-refractivity contribution is -0.114. The van der Waals surface area contributed by atoms with E-state index in [4.69, 9.17) is 5.73 Å². The van der Waals surface area contributed by atoms with Crippen molar-refractivity contribution in [3.63, 3.8) is 0 Å². The average molecular weight is 365 g/mol. The van der Waals surface area contributed by atoms with E-state index in [2.05, 4.69) is 0 Å². The Morgan fingerprint density at radius 1 is 1.28 bits per heavy atom. The maximum atomic E-state index is 13.7. The van der Waals surface area contributed by atoms with Gasteiger partial charge in [0.25, 0.3) is 21.8 Å². The molecule has 0 aliphatic carbocycles. The molecule has 0 atom stereocenters. The SMILES string of the molecule is C/C(=C\C(=O)NS(=O)(=O)c1cc(C(N)=O)n(C)c1)c1ccccc1F. The number of amides is 2. The highest BCUT2D eigenvalue weighted by Gasteiger charge is 2.21. The summed E-state index contributed by atoms with van der Waals surface area (Å²) in [6.45, 7) is 1.48. The summed E-state index contributed by atoms with van der Waals surface area (Å²) in [6, 6.07) is 6.86. The number of aryl methyl sites for hydroxylation is 1. The number of nitrogens with zero attached hydrogens (tertiary/aromatic N) is 1. The average Bonchev–Trinajstić information content (AvgIpc) is 2.90. The van der Waals surface area contributed by atoms with Crippen LogP contribution in [0.15, 0.2) is 47.5 Å². The van der Waals surface area contributed by atoms with E-state index >= 15 is 0 Å². The molecule has 0 spiro atoms. The smallest absolute Gasteiger partial charge is 0.265 e. The van der Waals surface area contributed by atoms with Crippen molar-refractivity contribution in [1.29, 1.82) is 0 Å². The molecule has 0 bridgehead atoms. The van der Waals surface area contributed by atoms with Gasteiger partial charge in [-0.3, -0.25) is 9.59 Å². The number of hydrogen-bond acceptors (Lipinski definition) is 4. The van der Waals surface area contributed by atoms with E-state index in [1.165, 1.54) is 36.7 Å². The fraction of sp³-hybridized carbons (Fsp3) is 0.125. The van der Waals surface area contributed by atoms with Gasteiger partial charge in [0.1, 0.15) is 16.4 Å². The molecule has 0 saturated carbocycles. The van der Waals surface area contributed by atoms with Gasteiger partial charge in [-0.1, -0.05) is 18.2 Å². The predicted octanol–water partition coefficient (Wildman–Crippen LogP) is 1.17. The van der Waals surface area contributed by atoms with Gasteiger partial charge in [0, 0.05) is 24.9 Å². The second kappa shape index (κ2) is 6.89. The zero-order valence-electron chi connectivity index (χ0n) is 13.5. The van der Waals surface area contributed by atoms with Crippen molar-refractivity contribution in [2.24, 2.45) is 12.8 Å². The Morgan fingerprint density at radius 2 is 1.92 bits per heavy atom.